The Labute approximate surface area is 161 Å². The van der Waals surface area contributed by atoms with Gasteiger partial charge in [0.05, 0.1) is 11.1 Å². The predicted molar refractivity (Wildman–Crippen MR) is 111 cm³/mol. The summed E-state index contributed by atoms with van der Waals surface area (Å²) < 4.78 is 13.0. The molecule has 0 aliphatic carbocycles. The van der Waals surface area contributed by atoms with Crippen molar-refractivity contribution < 1.29 is 4.39 Å². The maximum atomic E-state index is 13.0. The van der Waals surface area contributed by atoms with E-state index in [2.05, 4.69) is 22.1 Å². The summed E-state index contributed by atoms with van der Waals surface area (Å²) in [6, 6.07) is 21.6. The van der Waals surface area contributed by atoms with Crippen molar-refractivity contribution in [3.63, 3.8) is 0 Å². The van der Waals surface area contributed by atoms with Crippen molar-refractivity contribution in [2.75, 3.05) is 5.32 Å². The van der Waals surface area contributed by atoms with Crippen LogP contribution in [0.3, 0.4) is 0 Å². The maximum absolute atomic E-state index is 13.0. The van der Waals surface area contributed by atoms with Crippen LogP contribution in [-0.4, -0.2) is 10.2 Å². The number of hydrogen-bond acceptors (Lipinski definition) is 3. The first kappa shape index (κ1) is 17.7. The van der Waals surface area contributed by atoms with Gasteiger partial charge in [-0.25, -0.2) is 9.49 Å². The minimum Gasteiger partial charge on any atom is -0.356 e. The van der Waals surface area contributed by atoms with Gasteiger partial charge in [-0.05, 0) is 41.5 Å². The molecule has 0 saturated carbocycles. The fourth-order valence-electron chi connectivity index (χ4n) is 3.10. The number of anilines is 1. The van der Waals surface area contributed by atoms with E-state index in [4.69, 9.17) is 0 Å². The van der Waals surface area contributed by atoms with Crippen LogP contribution in [0.1, 0.15) is 16.8 Å². The van der Waals surface area contributed by atoms with Crippen molar-refractivity contribution in [1.82, 2.24) is 10.2 Å². The topological polar surface area (TPSA) is 57.8 Å². The van der Waals surface area contributed by atoms with Crippen molar-refractivity contribution in [2.45, 2.75) is 6.42 Å². The third-order valence-electron chi connectivity index (χ3n) is 4.59. The molecule has 0 bridgehead atoms. The van der Waals surface area contributed by atoms with E-state index in [9.17, 15) is 9.18 Å². The third kappa shape index (κ3) is 3.69. The highest BCUT2D eigenvalue weighted by Gasteiger charge is 2.07. The van der Waals surface area contributed by atoms with Crippen LogP contribution in [-0.2, 0) is 6.42 Å². The van der Waals surface area contributed by atoms with E-state index >= 15 is 0 Å². The van der Waals surface area contributed by atoms with Gasteiger partial charge in [-0.1, -0.05) is 49.0 Å². The molecule has 1 aromatic heterocycles. The average Bonchev–Trinajstić information content (AvgIpc) is 2.72. The lowest BCUT2D eigenvalue weighted by atomic mass is 10.0. The molecular weight excluding hydrogens is 353 g/mol. The number of aromatic nitrogens is 2. The normalized spacial score (nSPS) is 10.8. The molecule has 2 N–H and O–H groups in total. The van der Waals surface area contributed by atoms with Gasteiger partial charge in [-0.2, -0.15) is 5.10 Å². The molecule has 0 fully saturated rings. The lowest BCUT2D eigenvalue weighted by Gasteiger charge is -2.11. The van der Waals surface area contributed by atoms with Crippen LogP contribution in [0.15, 0.2) is 84.2 Å². The number of fused-ring (bicyclic) bond motifs is 1. The Morgan fingerprint density at radius 3 is 2.36 bits per heavy atom. The van der Waals surface area contributed by atoms with Gasteiger partial charge < -0.3 is 5.32 Å². The number of nitrogens with zero attached hydrogens (tertiary/aromatic N) is 1. The van der Waals surface area contributed by atoms with Crippen molar-refractivity contribution in [3.8, 4) is 0 Å². The molecule has 0 radical (unpaired) electrons. The Balaban J connectivity index is 1.51. The highest BCUT2D eigenvalue weighted by atomic mass is 19.1. The van der Waals surface area contributed by atoms with Crippen LogP contribution >= 0.6 is 0 Å². The van der Waals surface area contributed by atoms with Crippen molar-refractivity contribution in [1.29, 1.82) is 0 Å². The van der Waals surface area contributed by atoms with Crippen molar-refractivity contribution in [3.05, 3.63) is 112 Å². The maximum Gasteiger partial charge on any atom is 0.272 e. The summed E-state index contributed by atoms with van der Waals surface area (Å²) in [5.74, 6) is -0.274. The molecule has 138 valence electrons. The Morgan fingerprint density at radius 2 is 1.64 bits per heavy atom. The second kappa shape index (κ2) is 7.48. The predicted octanol–water partition coefficient (Wildman–Crippen LogP) is 4.74. The average molecular weight is 371 g/mol. The Morgan fingerprint density at radius 1 is 0.964 bits per heavy atom. The highest BCUT2D eigenvalue weighted by molar-refractivity contribution is 5.83. The number of H-pyrrole nitrogens is 1. The first-order valence-electron chi connectivity index (χ1n) is 8.87. The second-order valence-electron chi connectivity index (χ2n) is 6.53. The third-order valence-corrected chi connectivity index (χ3v) is 4.59. The summed E-state index contributed by atoms with van der Waals surface area (Å²) in [7, 11) is 0. The van der Waals surface area contributed by atoms with E-state index in [1.807, 2.05) is 42.5 Å². The summed E-state index contributed by atoms with van der Waals surface area (Å²) >= 11 is 0. The Kier molecular flexibility index (Phi) is 4.72. The van der Waals surface area contributed by atoms with Gasteiger partial charge in [0, 0.05) is 23.2 Å². The molecule has 0 aliphatic heterocycles. The summed E-state index contributed by atoms with van der Waals surface area (Å²) in [4.78, 5) is 11.9. The smallest absolute Gasteiger partial charge is 0.272 e. The standard InChI is InChI=1S/C23H18FN3O/c1-15(17-8-10-18(24)11-9-17)25-19-12-6-16(7-13-19)14-22-20-4-2-3-5-21(20)23(28)27-26-22/h2-13,25H,1,14H2,(H,27,28). The molecule has 4 aromatic rings. The minimum absolute atomic E-state index is 0.182. The van der Waals surface area contributed by atoms with Gasteiger partial charge in [0.1, 0.15) is 5.82 Å². The molecule has 4 nitrogen and oxygen atoms in total. The van der Waals surface area contributed by atoms with E-state index in [0.717, 1.165) is 27.9 Å². The van der Waals surface area contributed by atoms with Gasteiger partial charge in [-0.3, -0.25) is 4.79 Å². The molecular formula is C23H18FN3O. The zero-order chi connectivity index (χ0) is 19.5. The van der Waals surface area contributed by atoms with Gasteiger partial charge in [0.25, 0.3) is 5.56 Å². The van der Waals surface area contributed by atoms with Gasteiger partial charge in [0.2, 0.25) is 0 Å². The van der Waals surface area contributed by atoms with E-state index < -0.39 is 0 Å². The van der Waals surface area contributed by atoms with E-state index in [-0.39, 0.29) is 11.4 Å². The lowest BCUT2D eigenvalue weighted by molar-refractivity contribution is 0.627. The number of halogens is 1. The quantitative estimate of drug-likeness (QED) is 0.533. The van der Waals surface area contributed by atoms with Crippen LogP contribution in [0.5, 0.6) is 0 Å². The summed E-state index contributed by atoms with van der Waals surface area (Å²) in [5.41, 5.74) is 4.13. The Hall–Kier alpha value is -3.73. The van der Waals surface area contributed by atoms with Crippen LogP contribution in [0.4, 0.5) is 10.1 Å². The molecule has 0 amide bonds. The number of aromatic amines is 1. The first-order chi connectivity index (χ1) is 13.6. The van der Waals surface area contributed by atoms with Crippen LogP contribution < -0.4 is 10.9 Å². The number of rotatable bonds is 5. The first-order valence-corrected chi connectivity index (χ1v) is 8.87. The van der Waals surface area contributed by atoms with Crippen LogP contribution in [0.2, 0.25) is 0 Å². The van der Waals surface area contributed by atoms with Crippen molar-refractivity contribution >= 4 is 22.2 Å². The molecule has 4 rings (SSSR count). The molecule has 0 aliphatic rings. The summed E-state index contributed by atoms with van der Waals surface area (Å²) in [6.07, 6.45) is 0.608. The zero-order valence-electron chi connectivity index (χ0n) is 15.1. The molecule has 0 atom stereocenters. The number of benzene rings is 3. The second-order valence-corrected chi connectivity index (χ2v) is 6.53. The minimum atomic E-state index is -0.274. The monoisotopic (exact) mass is 371 g/mol. The molecule has 0 unspecified atom stereocenters. The Bertz CT molecular complexity index is 1200. The zero-order valence-corrected chi connectivity index (χ0v) is 15.1. The molecule has 28 heavy (non-hydrogen) atoms. The fraction of sp³-hybridized carbons (Fsp3) is 0.0435. The SMILES string of the molecule is C=C(Nc1ccc(Cc2n[nH]c(=O)c3ccccc23)cc1)c1ccc(F)cc1. The largest absolute Gasteiger partial charge is 0.356 e. The number of hydrogen-bond donors (Lipinski definition) is 2. The molecule has 3 aromatic carbocycles. The molecule has 5 heteroatoms. The van der Waals surface area contributed by atoms with E-state index in [0.29, 0.717) is 17.5 Å². The highest BCUT2D eigenvalue weighted by Crippen LogP contribution is 2.20. The molecule has 1 heterocycles. The van der Waals surface area contributed by atoms with Crippen LogP contribution in [0, 0.1) is 5.82 Å². The van der Waals surface area contributed by atoms with Gasteiger partial charge in [-0.15, -0.1) is 0 Å². The van der Waals surface area contributed by atoms with Crippen LogP contribution in [0.25, 0.3) is 16.5 Å². The van der Waals surface area contributed by atoms with E-state index in [1.165, 1.54) is 12.1 Å². The van der Waals surface area contributed by atoms with Gasteiger partial charge in [0.15, 0.2) is 0 Å². The van der Waals surface area contributed by atoms with Crippen molar-refractivity contribution in [2.24, 2.45) is 0 Å². The summed E-state index contributed by atoms with van der Waals surface area (Å²) in [5, 5.41) is 11.5. The van der Waals surface area contributed by atoms with E-state index in [1.54, 1.807) is 18.2 Å². The molecule has 0 saturated heterocycles. The fourth-order valence-corrected chi connectivity index (χ4v) is 3.10. The number of nitrogens with one attached hydrogen (secondary N) is 2. The molecule has 0 spiro atoms. The lowest BCUT2D eigenvalue weighted by Crippen LogP contribution is -2.11. The summed E-state index contributed by atoms with van der Waals surface area (Å²) in [6.45, 7) is 4.01. The van der Waals surface area contributed by atoms with Gasteiger partial charge >= 0.3 is 0 Å².